The topological polar surface area (TPSA) is 82.8 Å². The first kappa shape index (κ1) is 17.2. The van der Waals surface area contributed by atoms with Crippen LogP contribution in [0.5, 0.6) is 0 Å². The molecular weight excluding hydrogens is 320 g/mol. The fourth-order valence-electron chi connectivity index (χ4n) is 3.01. The summed E-state index contributed by atoms with van der Waals surface area (Å²) in [4.78, 5) is 26.2. The number of rotatable bonds is 6. The van der Waals surface area contributed by atoms with Gasteiger partial charge in [0.15, 0.2) is 0 Å². The Kier molecular flexibility index (Phi) is 4.90. The summed E-state index contributed by atoms with van der Waals surface area (Å²) in [6.45, 7) is 2.10. The standard InChI is InChI=1S/C19H22N2O4/c1-19(24,11-16-8-5-9-25-16)13-20-18(23)14-10-17(22)21(12-14)15-6-3-2-4-7-15/h2-9,14,24H,10-13H2,1H3,(H,20,23). The first-order valence-corrected chi connectivity index (χ1v) is 8.32. The zero-order valence-corrected chi connectivity index (χ0v) is 14.1. The van der Waals surface area contributed by atoms with Crippen LogP contribution in [0.25, 0.3) is 0 Å². The molecule has 2 atom stereocenters. The van der Waals surface area contributed by atoms with Crippen LogP contribution in [0.1, 0.15) is 19.1 Å². The number of benzene rings is 1. The van der Waals surface area contributed by atoms with Crippen molar-refractivity contribution >= 4 is 17.5 Å². The Morgan fingerprint density at radius 3 is 2.76 bits per heavy atom. The molecule has 0 spiro atoms. The van der Waals surface area contributed by atoms with E-state index in [2.05, 4.69) is 5.32 Å². The van der Waals surface area contributed by atoms with Crippen LogP contribution in [0.15, 0.2) is 53.1 Å². The molecule has 1 fully saturated rings. The molecule has 2 aromatic rings. The molecule has 1 aromatic heterocycles. The molecule has 1 aromatic carbocycles. The fraction of sp³-hybridized carbons (Fsp3) is 0.368. The second kappa shape index (κ2) is 7.11. The quantitative estimate of drug-likeness (QED) is 0.838. The van der Waals surface area contributed by atoms with E-state index in [-0.39, 0.29) is 24.8 Å². The molecule has 2 heterocycles. The van der Waals surface area contributed by atoms with Gasteiger partial charge in [0.2, 0.25) is 11.8 Å². The molecule has 1 aliphatic rings. The van der Waals surface area contributed by atoms with Gasteiger partial charge in [-0.15, -0.1) is 0 Å². The normalized spacial score (nSPS) is 19.7. The lowest BCUT2D eigenvalue weighted by molar-refractivity contribution is -0.127. The van der Waals surface area contributed by atoms with E-state index in [4.69, 9.17) is 4.42 Å². The van der Waals surface area contributed by atoms with Crippen molar-refractivity contribution in [3.63, 3.8) is 0 Å². The van der Waals surface area contributed by atoms with Crippen LogP contribution in [0.4, 0.5) is 5.69 Å². The molecule has 0 radical (unpaired) electrons. The molecular formula is C19H22N2O4. The summed E-state index contributed by atoms with van der Waals surface area (Å²) in [6, 6.07) is 12.9. The Morgan fingerprint density at radius 1 is 1.32 bits per heavy atom. The van der Waals surface area contributed by atoms with E-state index < -0.39 is 11.5 Å². The summed E-state index contributed by atoms with van der Waals surface area (Å²) in [5, 5.41) is 13.2. The van der Waals surface area contributed by atoms with E-state index >= 15 is 0 Å². The number of nitrogens with zero attached hydrogens (tertiary/aromatic N) is 1. The maximum Gasteiger partial charge on any atom is 0.227 e. The van der Waals surface area contributed by atoms with Crippen molar-refractivity contribution in [1.29, 1.82) is 0 Å². The number of hydrogen-bond donors (Lipinski definition) is 2. The van der Waals surface area contributed by atoms with Crippen LogP contribution in [0.2, 0.25) is 0 Å². The number of carbonyl (C=O) groups is 2. The summed E-state index contributed by atoms with van der Waals surface area (Å²) in [6.07, 6.45) is 2.04. The first-order chi connectivity index (χ1) is 11.9. The molecule has 0 bridgehead atoms. The van der Waals surface area contributed by atoms with Crippen LogP contribution in [-0.2, 0) is 16.0 Å². The monoisotopic (exact) mass is 342 g/mol. The number of hydrogen-bond acceptors (Lipinski definition) is 4. The van der Waals surface area contributed by atoms with E-state index in [9.17, 15) is 14.7 Å². The molecule has 6 nitrogen and oxygen atoms in total. The van der Waals surface area contributed by atoms with Crippen molar-refractivity contribution in [2.24, 2.45) is 5.92 Å². The van der Waals surface area contributed by atoms with E-state index in [0.717, 1.165) is 5.69 Å². The minimum Gasteiger partial charge on any atom is -0.469 e. The number of aliphatic hydroxyl groups is 1. The van der Waals surface area contributed by atoms with Crippen molar-refractivity contribution in [2.45, 2.75) is 25.4 Å². The van der Waals surface area contributed by atoms with Crippen molar-refractivity contribution in [3.05, 3.63) is 54.5 Å². The SMILES string of the molecule is CC(O)(CNC(=O)C1CC(=O)N(c2ccccc2)C1)Cc1ccco1. The summed E-state index contributed by atoms with van der Waals surface area (Å²) in [5.41, 5.74) is -0.317. The van der Waals surface area contributed by atoms with Crippen LogP contribution < -0.4 is 10.2 Å². The van der Waals surface area contributed by atoms with E-state index in [1.807, 2.05) is 30.3 Å². The number of furan rings is 1. The molecule has 132 valence electrons. The average Bonchev–Trinajstić information content (AvgIpc) is 3.23. The molecule has 2 N–H and O–H groups in total. The lowest BCUT2D eigenvalue weighted by atomic mass is 10.00. The second-order valence-electron chi connectivity index (χ2n) is 6.71. The third-order valence-electron chi connectivity index (χ3n) is 4.34. The third-order valence-corrected chi connectivity index (χ3v) is 4.34. The smallest absolute Gasteiger partial charge is 0.227 e. The number of para-hydroxylation sites is 1. The zero-order chi connectivity index (χ0) is 17.9. The van der Waals surface area contributed by atoms with Crippen molar-refractivity contribution in [3.8, 4) is 0 Å². The highest BCUT2D eigenvalue weighted by Gasteiger charge is 2.35. The van der Waals surface area contributed by atoms with Crippen LogP contribution in [-0.4, -0.2) is 35.6 Å². The molecule has 2 unspecified atom stereocenters. The van der Waals surface area contributed by atoms with Crippen molar-refractivity contribution < 1.29 is 19.1 Å². The van der Waals surface area contributed by atoms with Crippen molar-refractivity contribution in [1.82, 2.24) is 5.32 Å². The van der Waals surface area contributed by atoms with Gasteiger partial charge in [-0.1, -0.05) is 18.2 Å². The summed E-state index contributed by atoms with van der Waals surface area (Å²) < 4.78 is 5.23. The van der Waals surface area contributed by atoms with Gasteiger partial charge in [0.05, 0.1) is 17.8 Å². The largest absolute Gasteiger partial charge is 0.469 e. The predicted octanol–water partition coefficient (Wildman–Crippen LogP) is 1.74. The fourth-order valence-corrected chi connectivity index (χ4v) is 3.01. The molecule has 6 heteroatoms. The van der Waals surface area contributed by atoms with E-state index in [1.54, 1.807) is 30.2 Å². The van der Waals surface area contributed by atoms with Crippen LogP contribution in [0, 0.1) is 5.92 Å². The molecule has 3 rings (SSSR count). The third kappa shape index (κ3) is 4.28. The Bertz CT molecular complexity index is 725. The number of anilines is 1. The Morgan fingerprint density at radius 2 is 2.08 bits per heavy atom. The van der Waals surface area contributed by atoms with Gasteiger partial charge in [-0.05, 0) is 31.2 Å². The molecule has 1 aliphatic heterocycles. The van der Waals surface area contributed by atoms with Gasteiger partial charge in [0.25, 0.3) is 0 Å². The average molecular weight is 342 g/mol. The van der Waals surface area contributed by atoms with E-state index in [1.165, 1.54) is 0 Å². The van der Waals surface area contributed by atoms with Gasteiger partial charge in [-0.2, -0.15) is 0 Å². The highest BCUT2D eigenvalue weighted by atomic mass is 16.3. The van der Waals surface area contributed by atoms with Gasteiger partial charge in [0, 0.05) is 31.6 Å². The number of amides is 2. The summed E-state index contributed by atoms with van der Waals surface area (Å²) >= 11 is 0. The Labute approximate surface area is 146 Å². The van der Waals surface area contributed by atoms with Gasteiger partial charge >= 0.3 is 0 Å². The van der Waals surface area contributed by atoms with Gasteiger partial charge in [0.1, 0.15) is 5.76 Å². The lowest BCUT2D eigenvalue weighted by Crippen LogP contribution is -2.44. The Hall–Kier alpha value is -2.60. The van der Waals surface area contributed by atoms with Crippen LogP contribution >= 0.6 is 0 Å². The van der Waals surface area contributed by atoms with Gasteiger partial charge in [-0.25, -0.2) is 0 Å². The van der Waals surface area contributed by atoms with E-state index in [0.29, 0.717) is 18.7 Å². The zero-order valence-electron chi connectivity index (χ0n) is 14.1. The molecule has 1 saturated heterocycles. The Balaban J connectivity index is 1.54. The molecule has 2 amide bonds. The van der Waals surface area contributed by atoms with Gasteiger partial charge < -0.3 is 19.7 Å². The van der Waals surface area contributed by atoms with Gasteiger partial charge in [-0.3, -0.25) is 9.59 Å². The predicted molar refractivity (Wildman–Crippen MR) is 92.9 cm³/mol. The lowest BCUT2D eigenvalue weighted by Gasteiger charge is -2.23. The minimum absolute atomic E-state index is 0.0614. The molecule has 0 saturated carbocycles. The molecule has 25 heavy (non-hydrogen) atoms. The highest BCUT2D eigenvalue weighted by molar-refractivity contribution is 6.00. The first-order valence-electron chi connectivity index (χ1n) is 8.32. The number of carbonyl (C=O) groups excluding carboxylic acids is 2. The molecule has 0 aliphatic carbocycles. The van der Waals surface area contributed by atoms with Crippen LogP contribution in [0.3, 0.4) is 0 Å². The summed E-state index contributed by atoms with van der Waals surface area (Å²) in [5.74, 6) is -0.0298. The minimum atomic E-state index is -1.12. The van der Waals surface area contributed by atoms with Crippen molar-refractivity contribution in [2.75, 3.05) is 18.0 Å². The maximum absolute atomic E-state index is 12.4. The summed E-state index contributed by atoms with van der Waals surface area (Å²) in [7, 11) is 0. The highest BCUT2D eigenvalue weighted by Crippen LogP contribution is 2.25. The number of nitrogens with one attached hydrogen (secondary N) is 1. The second-order valence-corrected chi connectivity index (χ2v) is 6.71. The maximum atomic E-state index is 12.4.